The van der Waals surface area contributed by atoms with Gasteiger partial charge in [0, 0.05) is 5.56 Å². The number of halogens is 3. The Morgan fingerprint density at radius 3 is 2.31 bits per heavy atom. The Morgan fingerprint density at radius 2 is 1.69 bits per heavy atom. The Kier molecular flexibility index (Phi) is 8.62. The highest BCUT2D eigenvalue weighted by Crippen LogP contribution is 2.31. The van der Waals surface area contributed by atoms with E-state index in [0.29, 0.717) is 12.0 Å². The smallest absolute Gasteiger partial charge is 0.416 e. The summed E-state index contributed by atoms with van der Waals surface area (Å²) in [4.78, 5) is 36.9. The van der Waals surface area contributed by atoms with E-state index in [4.69, 9.17) is 4.74 Å². The van der Waals surface area contributed by atoms with Crippen LogP contribution in [0.2, 0.25) is 0 Å². The first-order chi connectivity index (χ1) is 15.1. The number of hydrogen-bond acceptors (Lipinski definition) is 4. The normalized spacial score (nSPS) is 12.9. The van der Waals surface area contributed by atoms with E-state index in [9.17, 15) is 27.6 Å². The molecule has 0 fully saturated rings. The summed E-state index contributed by atoms with van der Waals surface area (Å²) in [5.74, 6) is -2.25. The molecule has 2 unspecified atom stereocenters. The molecular formula is C22H24F3N3O4. The quantitative estimate of drug-likeness (QED) is 0.538. The van der Waals surface area contributed by atoms with Crippen molar-refractivity contribution in [3.05, 3.63) is 65.7 Å². The van der Waals surface area contributed by atoms with Gasteiger partial charge in [0.15, 0.2) is 6.61 Å². The molecule has 0 aliphatic rings. The molecule has 0 bridgehead atoms. The number of carbonyl (C=O) groups is 3. The predicted octanol–water partition coefficient (Wildman–Crippen LogP) is 3.08. The molecule has 32 heavy (non-hydrogen) atoms. The molecule has 0 aromatic heterocycles. The Hall–Kier alpha value is -3.56. The van der Waals surface area contributed by atoms with E-state index >= 15 is 0 Å². The summed E-state index contributed by atoms with van der Waals surface area (Å²) in [6.45, 7) is 3.00. The van der Waals surface area contributed by atoms with E-state index in [2.05, 4.69) is 16.2 Å². The molecule has 0 radical (unpaired) electrons. The molecule has 0 saturated heterocycles. The monoisotopic (exact) mass is 451 g/mol. The number of hydrazine groups is 1. The van der Waals surface area contributed by atoms with Gasteiger partial charge in [0.1, 0.15) is 11.8 Å². The van der Waals surface area contributed by atoms with Gasteiger partial charge >= 0.3 is 6.18 Å². The summed E-state index contributed by atoms with van der Waals surface area (Å²) in [5, 5.41) is 2.65. The lowest BCUT2D eigenvalue weighted by Gasteiger charge is -2.23. The Labute approximate surface area is 183 Å². The Morgan fingerprint density at radius 1 is 1.00 bits per heavy atom. The fourth-order valence-electron chi connectivity index (χ4n) is 2.67. The van der Waals surface area contributed by atoms with Gasteiger partial charge in [-0.15, -0.1) is 0 Å². The summed E-state index contributed by atoms with van der Waals surface area (Å²) in [6.07, 6.45) is -3.95. The minimum absolute atomic E-state index is 0.145. The maximum Gasteiger partial charge on any atom is 0.416 e. The second-order valence-corrected chi connectivity index (χ2v) is 7.05. The molecule has 172 valence electrons. The van der Waals surface area contributed by atoms with Crippen molar-refractivity contribution in [2.24, 2.45) is 5.92 Å². The van der Waals surface area contributed by atoms with E-state index in [1.807, 2.05) is 6.92 Å². The third-order valence-corrected chi connectivity index (χ3v) is 4.67. The second-order valence-electron chi connectivity index (χ2n) is 7.05. The number of nitrogens with one attached hydrogen (secondary N) is 3. The van der Waals surface area contributed by atoms with Crippen molar-refractivity contribution in [1.82, 2.24) is 16.2 Å². The molecule has 7 nitrogen and oxygen atoms in total. The molecule has 0 saturated carbocycles. The topological polar surface area (TPSA) is 96.5 Å². The van der Waals surface area contributed by atoms with Crippen LogP contribution < -0.4 is 20.9 Å². The molecular weight excluding hydrogens is 427 g/mol. The van der Waals surface area contributed by atoms with Gasteiger partial charge in [-0.3, -0.25) is 25.2 Å². The third-order valence-electron chi connectivity index (χ3n) is 4.67. The van der Waals surface area contributed by atoms with Crippen LogP contribution in [-0.4, -0.2) is 30.4 Å². The van der Waals surface area contributed by atoms with E-state index in [1.165, 1.54) is 6.07 Å². The molecule has 2 aromatic carbocycles. The molecule has 2 rings (SSSR count). The summed E-state index contributed by atoms with van der Waals surface area (Å²) in [5.41, 5.74) is 3.82. The van der Waals surface area contributed by atoms with Crippen LogP contribution >= 0.6 is 0 Å². The van der Waals surface area contributed by atoms with Crippen LogP contribution in [0.25, 0.3) is 0 Å². The highest BCUT2D eigenvalue weighted by atomic mass is 19.4. The number of carbonyl (C=O) groups excluding carboxylic acids is 3. The highest BCUT2D eigenvalue weighted by Gasteiger charge is 2.30. The van der Waals surface area contributed by atoms with E-state index in [1.54, 1.807) is 37.3 Å². The second kappa shape index (κ2) is 11.2. The van der Waals surface area contributed by atoms with Crippen molar-refractivity contribution < 1.29 is 32.3 Å². The molecule has 3 N–H and O–H groups in total. The zero-order chi connectivity index (χ0) is 23.7. The lowest BCUT2D eigenvalue weighted by Crippen LogP contribution is -2.55. The van der Waals surface area contributed by atoms with Crippen molar-refractivity contribution in [1.29, 1.82) is 0 Å². The molecule has 3 amide bonds. The Bertz CT molecular complexity index is 936. The minimum Gasteiger partial charge on any atom is -0.484 e. The van der Waals surface area contributed by atoms with Crippen molar-refractivity contribution in [3.8, 4) is 5.75 Å². The maximum atomic E-state index is 12.7. The number of hydrogen-bond donors (Lipinski definition) is 3. The molecule has 0 aliphatic heterocycles. The first kappa shape index (κ1) is 24.7. The molecule has 2 atom stereocenters. The third kappa shape index (κ3) is 7.29. The highest BCUT2D eigenvalue weighted by molar-refractivity contribution is 5.97. The van der Waals surface area contributed by atoms with E-state index < -0.39 is 42.1 Å². The van der Waals surface area contributed by atoms with Crippen molar-refractivity contribution in [2.45, 2.75) is 32.5 Å². The molecule has 0 heterocycles. The fraction of sp³-hybridized carbons (Fsp3) is 0.318. The number of ether oxygens (including phenoxy) is 1. The summed E-state index contributed by atoms with van der Waals surface area (Å²) in [6, 6.07) is 11.5. The molecule has 2 aromatic rings. The van der Waals surface area contributed by atoms with Gasteiger partial charge in [-0.2, -0.15) is 13.2 Å². The van der Waals surface area contributed by atoms with Gasteiger partial charge < -0.3 is 10.1 Å². The van der Waals surface area contributed by atoms with Crippen LogP contribution in [0.1, 0.15) is 36.2 Å². The average molecular weight is 451 g/mol. The zero-order valence-corrected chi connectivity index (χ0v) is 17.5. The van der Waals surface area contributed by atoms with Gasteiger partial charge in [-0.1, -0.05) is 44.5 Å². The van der Waals surface area contributed by atoms with E-state index in [0.717, 1.165) is 18.2 Å². The van der Waals surface area contributed by atoms with E-state index in [-0.39, 0.29) is 11.7 Å². The lowest BCUT2D eigenvalue weighted by molar-refractivity contribution is -0.137. The summed E-state index contributed by atoms with van der Waals surface area (Å²) >= 11 is 0. The van der Waals surface area contributed by atoms with Crippen LogP contribution in [0.15, 0.2) is 54.6 Å². The van der Waals surface area contributed by atoms with Crippen molar-refractivity contribution >= 4 is 17.7 Å². The van der Waals surface area contributed by atoms with Gasteiger partial charge in [0.2, 0.25) is 0 Å². The Balaban J connectivity index is 1.90. The first-order valence-electron chi connectivity index (χ1n) is 9.86. The van der Waals surface area contributed by atoms with Crippen molar-refractivity contribution in [3.63, 3.8) is 0 Å². The predicted molar refractivity (Wildman–Crippen MR) is 110 cm³/mol. The SMILES string of the molecule is CCC(C)C(NC(=O)c1ccccc1)C(=O)NNC(=O)COc1cccc(C(F)(F)F)c1. The largest absolute Gasteiger partial charge is 0.484 e. The van der Waals surface area contributed by atoms with Crippen LogP contribution in [0, 0.1) is 5.92 Å². The minimum atomic E-state index is -4.54. The fourth-order valence-corrected chi connectivity index (χ4v) is 2.67. The number of amides is 3. The number of rotatable bonds is 8. The number of alkyl halides is 3. The van der Waals surface area contributed by atoms with Crippen molar-refractivity contribution in [2.75, 3.05) is 6.61 Å². The summed E-state index contributed by atoms with van der Waals surface area (Å²) in [7, 11) is 0. The van der Waals surface area contributed by atoms with Gasteiger partial charge in [0.05, 0.1) is 5.56 Å². The van der Waals surface area contributed by atoms with Crippen LogP contribution in [0.3, 0.4) is 0 Å². The standard InChI is InChI=1S/C22H24F3N3O4/c1-3-14(2)19(26-20(30)15-8-5-4-6-9-15)21(31)28-27-18(29)13-32-17-11-7-10-16(12-17)22(23,24)25/h4-12,14,19H,3,13H2,1-2H3,(H,26,30)(H,27,29)(H,28,31). The van der Waals surface area contributed by atoms with Crippen LogP contribution in [0.5, 0.6) is 5.75 Å². The average Bonchev–Trinajstić information content (AvgIpc) is 2.79. The first-order valence-corrected chi connectivity index (χ1v) is 9.86. The zero-order valence-electron chi connectivity index (χ0n) is 17.5. The van der Waals surface area contributed by atoms with Gasteiger partial charge in [-0.25, -0.2) is 0 Å². The van der Waals surface area contributed by atoms with Gasteiger partial charge in [-0.05, 0) is 36.2 Å². The van der Waals surface area contributed by atoms with Crippen LogP contribution in [-0.2, 0) is 15.8 Å². The molecule has 0 spiro atoms. The van der Waals surface area contributed by atoms with Crippen LogP contribution in [0.4, 0.5) is 13.2 Å². The summed E-state index contributed by atoms with van der Waals surface area (Å²) < 4.78 is 43.3. The molecule has 10 heteroatoms. The maximum absolute atomic E-state index is 12.7. The molecule has 0 aliphatic carbocycles. The van der Waals surface area contributed by atoms with Gasteiger partial charge in [0.25, 0.3) is 17.7 Å². The number of benzene rings is 2. The lowest BCUT2D eigenvalue weighted by atomic mass is 9.98.